The Morgan fingerprint density at radius 1 is 1.19 bits per heavy atom. The maximum Gasteiger partial charge on any atom is 0.354 e. The fourth-order valence-corrected chi connectivity index (χ4v) is 3.91. The van der Waals surface area contributed by atoms with Crippen molar-refractivity contribution in [3.05, 3.63) is 93.9 Å². The second-order valence-corrected chi connectivity index (χ2v) is 7.96. The zero-order chi connectivity index (χ0) is 22.0. The number of aromatic nitrogens is 2. The van der Waals surface area contributed by atoms with Gasteiger partial charge in [-0.1, -0.05) is 77.5 Å². The zero-order valence-electron chi connectivity index (χ0n) is 16.6. The van der Waals surface area contributed by atoms with E-state index >= 15 is 0 Å². The average molecular weight is 449 g/mol. The van der Waals surface area contributed by atoms with Crippen LogP contribution >= 0.6 is 23.2 Å². The van der Waals surface area contributed by atoms with E-state index in [1.54, 1.807) is 28.8 Å². The molecule has 0 fully saturated rings. The highest BCUT2D eigenvalue weighted by Gasteiger charge is 2.27. The number of imidazole rings is 1. The number of allylic oxidation sites excluding steroid dienone is 4. The fraction of sp³-hybridized carbons (Fsp3) is 0.120. The van der Waals surface area contributed by atoms with Crippen LogP contribution in [0.15, 0.2) is 66.8 Å². The monoisotopic (exact) mass is 448 g/mol. The van der Waals surface area contributed by atoms with Crippen LogP contribution in [0.1, 0.15) is 28.8 Å². The van der Waals surface area contributed by atoms with Crippen molar-refractivity contribution in [1.82, 2.24) is 9.55 Å². The van der Waals surface area contributed by atoms with E-state index in [4.69, 9.17) is 28.2 Å². The Morgan fingerprint density at radius 3 is 2.71 bits per heavy atom. The van der Waals surface area contributed by atoms with Crippen molar-refractivity contribution >= 4 is 34.7 Å². The molecule has 0 bridgehead atoms. The van der Waals surface area contributed by atoms with Gasteiger partial charge in [0.05, 0.1) is 6.54 Å². The smallest absolute Gasteiger partial charge is 0.354 e. The number of carboxylic acids is 1. The van der Waals surface area contributed by atoms with Crippen LogP contribution in [0.3, 0.4) is 0 Å². The first kappa shape index (κ1) is 21.0. The van der Waals surface area contributed by atoms with Gasteiger partial charge in [-0.15, -0.1) is 0 Å². The molecule has 4 rings (SSSR count). The average Bonchev–Trinajstić information content (AvgIpc) is 2.99. The summed E-state index contributed by atoms with van der Waals surface area (Å²) in [6.45, 7) is 2.18. The van der Waals surface area contributed by atoms with Crippen LogP contribution < -0.4 is 0 Å². The van der Waals surface area contributed by atoms with E-state index < -0.39 is 5.97 Å². The van der Waals surface area contributed by atoms with E-state index in [2.05, 4.69) is 11.8 Å². The molecule has 1 atom stereocenters. The second-order valence-electron chi connectivity index (χ2n) is 7.12. The van der Waals surface area contributed by atoms with Crippen LogP contribution in [0, 0.1) is 17.8 Å². The Kier molecular flexibility index (Phi) is 5.99. The predicted molar refractivity (Wildman–Crippen MR) is 124 cm³/mol. The van der Waals surface area contributed by atoms with Crippen LogP contribution in [0.2, 0.25) is 10.0 Å². The molecule has 0 saturated heterocycles. The molecule has 0 saturated carbocycles. The molecule has 1 unspecified atom stereocenters. The minimum absolute atomic E-state index is 0.0894. The molecule has 1 heterocycles. The molecule has 0 amide bonds. The molecule has 1 aromatic heterocycles. The Labute approximate surface area is 190 Å². The van der Waals surface area contributed by atoms with E-state index in [1.807, 2.05) is 49.4 Å². The van der Waals surface area contributed by atoms with Crippen molar-refractivity contribution in [3.63, 3.8) is 0 Å². The largest absolute Gasteiger partial charge is 0.477 e. The zero-order valence-corrected chi connectivity index (χ0v) is 18.2. The van der Waals surface area contributed by atoms with Crippen LogP contribution in [0.25, 0.3) is 16.8 Å². The van der Waals surface area contributed by atoms with Crippen molar-refractivity contribution in [1.29, 1.82) is 0 Å². The van der Waals surface area contributed by atoms with Crippen LogP contribution in [-0.2, 0) is 6.54 Å². The normalized spacial score (nSPS) is 15.1. The number of halogens is 2. The second kappa shape index (κ2) is 8.85. The summed E-state index contributed by atoms with van der Waals surface area (Å²) in [5.41, 5.74) is 2.75. The molecule has 154 valence electrons. The maximum absolute atomic E-state index is 12.4. The van der Waals surface area contributed by atoms with E-state index in [0.29, 0.717) is 27.1 Å². The van der Waals surface area contributed by atoms with Gasteiger partial charge in [0.1, 0.15) is 11.5 Å². The quantitative estimate of drug-likeness (QED) is 0.472. The van der Waals surface area contributed by atoms with Gasteiger partial charge < -0.3 is 9.67 Å². The first-order chi connectivity index (χ1) is 15.0. The van der Waals surface area contributed by atoms with Crippen molar-refractivity contribution in [3.8, 4) is 23.1 Å². The third kappa shape index (κ3) is 4.29. The minimum atomic E-state index is -1.07. The van der Waals surface area contributed by atoms with Gasteiger partial charge in [0, 0.05) is 27.1 Å². The highest BCUT2D eigenvalue weighted by atomic mass is 35.5. The number of aromatic carboxylic acids is 1. The summed E-state index contributed by atoms with van der Waals surface area (Å²) >= 11 is 12.6. The third-order valence-corrected chi connectivity index (χ3v) is 5.64. The van der Waals surface area contributed by atoms with Crippen LogP contribution in [0.5, 0.6) is 0 Å². The Hall–Kier alpha value is -3.26. The number of hydrogen-bond donors (Lipinski definition) is 1. The van der Waals surface area contributed by atoms with E-state index in [9.17, 15) is 9.90 Å². The number of hydrogen-bond acceptors (Lipinski definition) is 2. The molecule has 1 N–H and O–H groups in total. The van der Waals surface area contributed by atoms with E-state index in [1.165, 1.54) is 0 Å². The molecule has 0 aliphatic heterocycles. The minimum Gasteiger partial charge on any atom is -0.477 e. The Bertz CT molecular complexity index is 1280. The fourth-order valence-electron chi connectivity index (χ4n) is 3.54. The SMILES string of the molecule is CC1C#CC=CC=C1c1nc(-c2ccccc2)c(C(=O)O)n1Cc1cc(Cl)ccc1Cl. The Morgan fingerprint density at radius 2 is 1.97 bits per heavy atom. The number of carboxylic acid groups (broad SMARTS) is 1. The van der Waals surface area contributed by atoms with Crippen molar-refractivity contribution < 1.29 is 9.90 Å². The maximum atomic E-state index is 12.4. The molecular formula is C25H18Cl2N2O2. The first-order valence-corrected chi connectivity index (χ1v) is 10.4. The summed E-state index contributed by atoms with van der Waals surface area (Å²) in [5, 5.41) is 11.2. The van der Waals surface area contributed by atoms with E-state index in [0.717, 1.165) is 11.1 Å². The standard InChI is InChI=1S/C25H18Cl2N2O2/c1-16-8-4-2-7-11-20(16)24-28-22(17-9-5-3-6-10-17)23(25(30)31)29(24)15-18-14-19(26)12-13-21(18)27/h2-3,5-7,9-14,16H,15H2,1H3,(H,30,31). The summed E-state index contributed by atoms with van der Waals surface area (Å²) in [4.78, 5) is 17.2. The predicted octanol–water partition coefficient (Wildman–Crippen LogP) is 6.20. The van der Waals surface area contributed by atoms with Gasteiger partial charge in [-0.2, -0.15) is 0 Å². The van der Waals surface area contributed by atoms with Gasteiger partial charge in [0.25, 0.3) is 0 Å². The van der Waals surface area contributed by atoms with Crippen molar-refractivity contribution in [2.45, 2.75) is 13.5 Å². The lowest BCUT2D eigenvalue weighted by Gasteiger charge is -2.15. The van der Waals surface area contributed by atoms with Gasteiger partial charge in [0.2, 0.25) is 0 Å². The molecule has 3 aromatic rings. The van der Waals surface area contributed by atoms with Crippen LogP contribution in [-0.4, -0.2) is 20.6 Å². The first-order valence-electron chi connectivity index (χ1n) is 9.67. The molecule has 0 radical (unpaired) electrons. The number of carbonyl (C=O) groups is 1. The summed E-state index contributed by atoms with van der Waals surface area (Å²) in [7, 11) is 0. The lowest BCUT2D eigenvalue weighted by Crippen LogP contribution is -2.14. The topological polar surface area (TPSA) is 55.1 Å². The molecule has 6 heteroatoms. The number of rotatable bonds is 5. The van der Waals surface area contributed by atoms with Gasteiger partial charge in [0.15, 0.2) is 5.69 Å². The lowest BCUT2D eigenvalue weighted by atomic mass is 10.0. The number of benzene rings is 2. The Balaban J connectivity index is 1.98. The van der Waals surface area contributed by atoms with Gasteiger partial charge in [-0.25, -0.2) is 9.78 Å². The summed E-state index contributed by atoms with van der Waals surface area (Å²) in [5.74, 6) is 5.48. The summed E-state index contributed by atoms with van der Waals surface area (Å²) in [6, 6.07) is 14.4. The number of nitrogens with zero attached hydrogens (tertiary/aromatic N) is 2. The van der Waals surface area contributed by atoms with Gasteiger partial charge in [-0.3, -0.25) is 0 Å². The molecule has 1 aliphatic carbocycles. The van der Waals surface area contributed by atoms with Gasteiger partial charge in [-0.05, 0) is 36.8 Å². The molecule has 0 spiro atoms. The third-order valence-electron chi connectivity index (χ3n) is 5.03. The lowest BCUT2D eigenvalue weighted by molar-refractivity contribution is 0.0686. The van der Waals surface area contributed by atoms with Gasteiger partial charge >= 0.3 is 5.97 Å². The van der Waals surface area contributed by atoms with Crippen LogP contribution in [0.4, 0.5) is 0 Å². The van der Waals surface area contributed by atoms with Crippen molar-refractivity contribution in [2.24, 2.45) is 5.92 Å². The summed E-state index contributed by atoms with van der Waals surface area (Å²) < 4.78 is 1.69. The molecule has 4 nitrogen and oxygen atoms in total. The molecule has 31 heavy (non-hydrogen) atoms. The molecular weight excluding hydrogens is 431 g/mol. The van der Waals surface area contributed by atoms with E-state index in [-0.39, 0.29) is 18.2 Å². The van der Waals surface area contributed by atoms with Crippen molar-refractivity contribution in [2.75, 3.05) is 0 Å². The highest BCUT2D eigenvalue weighted by molar-refractivity contribution is 6.33. The molecule has 2 aromatic carbocycles. The molecule has 1 aliphatic rings. The summed E-state index contributed by atoms with van der Waals surface area (Å²) in [6.07, 6.45) is 5.52. The highest BCUT2D eigenvalue weighted by Crippen LogP contribution is 2.33.